The number of benzene rings is 1. The second-order valence-electron chi connectivity index (χ2n) is 11.0. The van der Waals surface area contributed by atoms with Crippen LogP contribution in [0.1, 0.15) is 93.2 Å². The summed E-state index contributed by atoms with van der Waals surface area (Å²) in [6.07, 6.45) is 47.6. The lowest BCUT2D eigenvalue weighted by atomic mass is 9.82. The predicted molar refractivity (Wildman–Crippen MR) is 182 cm³/mol. The van der Waals surface area contributed by atoms with Gasteiger partial charge in [0.25, 0.3) is 0 Å². The molecule has 5 heteroatoms. The van der Waals surface area contributed by atoms with E-state index in [4.69, 9.17) is 4.74 Å². The smallest absolute Gasteiger partial charge is 0.232 e. The number of nitrogens with two attached hydrogens (primary N) is 2. The molecule has 3 fully saturated rings. The molecular formula is C38H59N3O2+2. The predicted octanol–water partition coefficient (Wildman–Crippen LogP) is 4.97. The topological polar surface area (TPSA) is 62.8 Å². The SMILES string of the molecule is C#C.C#C.C#C.C1=CCCC=C1.C1CCCCC1.C[NH2+]Cc1c(OC)ccc(C)c1[C@@H]1C[NH2+]CC1C(=O)N1CCCCC1. The number of hydrogen-bond acceptors (Lipinski definition) is 2. The first kappa shape index (κ1) is 39.6. The Hall–Kier alpha value is -3.43. The first-order valence-corrected chi connectivity index (χ1v) is 16.0. The lowest BCUT2D eigenvalue weighted by Gasteiger charge is -2.30. The van der Waals surface area contributed by atoms with Gasteiger partial charge >= 0.3 is 0 Å². The molecule has 1 saturated carbocycles. The molecule has 4 aliphatic rings. The Balaban J connectivity index is 0.000000797. The van der Waals surface area contributed by atoms with Gasteiger partial charge in [-0.3, -0.25) is 4.79 Å². The van der Waals surface area contributed by atoms with Crippen LogP contribution in [0.25, 0.3) is 0 Å². The number of ether oxygens (including phenoxy) is 1. The Morgan fingerprint density at radius 3 is 1.81 bits per heavy atom. The van der Waals surface area contributed by atoms with Gasteiger partial charge in [-0.15, -0.1) is 38.5 Å². The molecule has 4 N–H and O–H groups in total. The largest absolute Gasteiger partial charge is 0.496 e. The summed E-state index contributed by atoms with van der Waals surface area (Å²) in [7, 11) is 3.83. The highest BCUT2D eigenvalue weighted by atomic mass is 16.5. The summed E-state index contributed by atoms with van der Waals surface area (Å²) >= 11 is 0. The number of nitrogens with zero attached hydrogens (tertiary/aromatic N) is 1. The molecule has 2 aliphatic heterocycles. The third-order valence-electron chi connectivity index (χ3n) is 8.23. The van der Waals surface area contributed by atoms with Gasteiger partial charge in [0, 0.05) is 13.1 Å². The molecule has 5 nitrogen and oxygen atoms in total. The number of methoxy groups -OCH3 is 1. The van der Waals surface area contributed by atoms with Crippen LogP contribution in [0, 0.1) is 51.4 Å². The maximum Gasteiger partial charge on any atom is 0.232 e. The maximum atomic E-state index is 13.2. The Labute approximate surface area is 264 Å². The maximum absolute atomic E-state index is 13.2. The van der Waals surface area contributed by atoms with Gasteiger partial charge in [-0.1, -0.05) is 68.9 Å². The molecule has 5 rings (SSSR count). The van der Waals surface area contributed by atoms with E-state index in [0.717, 1.165) is 51.3 Å². The number of rotatable bonds is 5. The zero-order valence-electron chi connectivity index (χ0n) is 27.3. The molecule has 2 heterocycles. The number of likely N-dealkylation sites (tertiary alicyclic amines) is 1. The fourth-order valence-electron chi connectivity index (χ4n) is 6.21. The number of hydrogen-bond donors (Lipinski definition) is 2. The lowest BCUT2D eigenvalue weighted by molar-refractivity contribution is -0.643. The van der Waals surface area contributed by atoms with Crippen LogP contribution in [-0.2, 0) is 11.3 Å². The standard InChI is InChI=1S/C20H31N3O2.C6H12.C6H8.3C2H2/c1-14-7-8-18(25-3)17(11-21-2)19(14)15-12-22-13-16(15)20(24)23-9-5-4-6-10-23;2*1-2-4-6-5-3-1;3*1-2/h7-8,15-16,21-22H,4-6,9-13H2,1-3H3;1-6H2;1-4H,5-6H2;3*1-2H/p+2/t15-,16?;;;;;/m1...../s1. The van der Waals surface area contributed by atoms with Crippen LogP contribution >= 0.6 is 0 Å². The Bertz CT molecular complexity index is 957. The summed E-state index contributed by atoms with van der Waals surface area (Å²) < 4.78 is 5.64. The van der Waals surface area contributed by atoms with Crippen LogP contribution in [0.15, 0.2) is 36.4 Å². The minimum atomic E-state index is 0.0968. The van der Waals surface area contributed by atoms with Crippen LogP contribution in [0.3, 0.4) is 0 Å². The van der Waals surface area contributed by atoms with Gasteiger partial charge in [-0.2, -0.15) is 0 Å². The highest BCUT2D eigenvalue weighted by molar-refractivity contribution is 5.80. The Morgan fingerprint density at radius 1 is 0.860 bits per heavy atom. The molecule has 1 amide bonds. The Kier molecular flexibility index (Phi) is 24.1. The van der Waals surface area contributed by atoms with Crippen molar-refractivity contribution >= 4 is 5.91 Å². The van der Waals surface area contributed by atoms with Crippen molar-refractivity contribution in [1.82, 2.24) is 4.90 Å². The molecule has 2 saturated heterocycles. The van der Waals surface area contributed by atoms with E-state index in [1.807, 2.05) is 0 Å². The van der Waals surface area contributed by atoms with Crippen molar-refractivity contribution in [3.8, 4) is 44.3 Å². The number of quaternary nitrogens is 2. The van der Waals surface area contributed by atoms with Gasteiger partial charge in [0.05, 0.1) is 44.6 Å². The van der Waals surface area contributed by atoms with E-state index in [2.05, 4.69) is 104 Å². The van der Waals surface area contributed by atoms with E-state index in [0.29, 0.717) is 11.8 Å². The summed E-state index contributed by atoms with van der Waals surface area (Å²) in [6, 6.07) is 4.21. The molecule has 2 aliphatic carbocycles. The van der Waals surface area contributed by atoms with E-state index in [9.17, 15) is 4.79 Å². The minimum Gasteiger partial charge on any atom is -0.496 e. The van der Waals surface area contributed by atoms with E-state index < -0.39 is 0 Å². The molecule has 236 valence electrons. The Morgan fingerprint density at radius 2 is 1.37 bits per heavy atom. The van der Waals surface area contributed by atoms with Gasteiger partial charge in [0.2, 0.25) is 5.91 Å². The molecular weight excluding hydrogens is 530 g/mol. The fourth-order valence-corrected chi connectivity index (χ4v) is 6.21. The second-order valence-corrected chi connectivity index (χ2v) is 11.0. The zero-order chi connectivity index (χ0) is 32.3. The fraction of sp³-hybridized carbons (Fsp3) is 0.553. The molecule has 1 aromatic carbocycles. The molecule has 0 bridgehead atoms. The van der Waals surface area contributed by atoms with Crippen LogP contribution in [0.4, 0.5) is 0 Å². The van der Waals surface area contributed by atoms with Crippen molar-refractivity contribution in [3.63, 3.8) is 0 Å². The molecule has 43 heavy (non-hydrogen) atoms. The number of amides is 1. The summed E-state index contributed by atoms with van der Waals surface area (Å²) in [4.78, 5) is 15.3. The van der Waals surface area contributed by atoms with Gasteiger partial charge in [0.15, 0.2) is 0 Å². The molecule has 1 aromatic rings. The average molecular weight is 590 g/mol. The number of piperidine rings is 1. The lowest BCUT2D eigenvalue weighted by Crippen LogP contribution is -2.81. The van der Waals surface area contributed by atoms with Crippen LogP contribution in [-0.4, -0.2) is 51.1 Å². The minimum absolute atomic E-state index is 0.0968. The number of aryl methyl sites for hydroxylation is 1. The van der Waals surface area contributed by atoms with Crippen LogP contribution in [0.2, 0.25) is 0 Å². The quantitative estimate of drug-likeness (QED) is 0.477. The number of carbonyl (C=O) groups is 1. The van der Waals surface area contributed by atoms with Crippen LogP contribution in [0.5, 0.6) is 5.75 Å². The summed E-state index contributed by atoms with van der Waals surface area (Å²) in [6.45, 7) is 6.85. The van der Waals surface area contributed by atoms with Crippen molar-refractivity contribution < 1.29 is 20.2 Å². The van der Waals surface area contributed by atoms with Crippen molar-refractivity contribution in [2.75, 3.05) is 40.3 Å². The van der Waals surface area contributed by atoms with Gasteiger partial charge in [-0.25, -0.2) is 0 Å². The third-order valence-corrected chi connectivity index (χ3v) is 8.23. The monoisotopic (exact) mass is 589 g/mol. The summed E-state index contributed by atoms with van der Waals surface area (Å²) in [5, 5.41) is 4.50. The zero-order valence-corrected chi connectivity index (χ0v) is 27.3. The van der Waals surface area contributed by atoms with Gasteiger partial charge in [-0.05, 0) is 56.2 Å². The van der Waals surface area contributed by atoms with E-state index in [-0.39, 0.29) is 5.92 Å². The summed E-state index contributed by atoms with van der Waals surface area (Å²) in [5.41, 5.74) is 3.90. The molecule has 0 radical (unpaired) electrons. The first-order valence-electron chi connectivity index (χ1n) is 16.0. The van der Waals surface area contributed by atoms with Crippen LogP contribution < -0.4 is 15.4 Å². The molecule has 1 unspecified atom stereocenters. The molecule has 0 spiro atoms. The highest BCUT2D eigenvalue weighted by Gasteiger charge is 2.41. The molecule has 0 aromatic heterocycles. The number of carbonyl (C=O) groups excluding carboxylic acids is 1. The van der Waals surface area contributed by atoms with Crippen molar-refractivity contribution in [2.24, 2.45) is 5.92 Å². The van der Waals surface area contributed by atoms with E-state index >= 15 is 0 Å². The third kappa shape index (κ3) is 14.1. The average Bonchev–Trinajstić information content (AvgIpc) is 3.59. The number of allylic oxidation sites excluding steroid dienone is 4. The first-order chi connectivity index (χ1) is 21.2. The summed E-state index contributed by atoms with van der Waals surface area (Å²) in [5.74, 6) is 1.71. The highest BCUT2D eigenvalue weighted by Crippen LogP contribution is 2.36. The van der Waals surface area contributed by atoms with Gasteiger partial charge in [0.1, 0.15) is 12.3 Å². The number of terminal acetylenes is 3. The van der Waals surface area contributed by atoms with E-state index in [1.54, 1.807) is 7.11 Å². The second kappa shape index (κ2) is 26.2. The normalized spacial score (nSPS) is 19.9. The van der Waals surface area contributed by atoms with Gasteiger partial charge < -0.3 is 20.3 Å². The molecule has 2 atom stereocenters. The van der Waals surface area contributed by atoms with E-state index in [1.165, 1.54) is 74.5 Å². The van der Waals surface area contributed by atoms with Crippen molar-refractivity contribution in [3.05, 3.63) is 53.1 Å². The van der Waals surface area contributed by atoms with Crippen molar-refractivity contribution in [1.29, 1.82) is 0 Å². The van der Waals surface area contributed by atoms with Crippen molar-refractivity contribution in [2.45, 2.75) is 90.0 Å².